The summed E-state index contributed by atoms with van der Waals surface area (Å²) in [6.07, 6.45) is 1.34. The number of nitrogens with two attached hydrogens (primary N) is 1. The molecule has 0 aliphatic heterocycles. The second-order valence-corrected chi connectivity index (χ2v) is 4.04. The number of benzene rings is 1. The van der Waals surface area contributed by atoms with E-state index in [1.807, 2.05) is 18.2 Å². The molecule has 2 rings (SSSR count). The van der Waals surface area contributed by atoms with Crippen LogP contribution in [0.5, 0.6) is 0 Å². The van der Waals surface area contributed by atoms with E-state index in [1.165, 1.54) is 11.3 Å². The number of thioether (sulfide) groups is 1. The molecule has 0 saturated heterocycles. The third-order valence-electron chi connectivity index (χ3n) is 1.91. The van der Waals surface area contributed by atoms with E-state index in [4.69, 9.17) is 5.73 Å². The van der Waals surface area contributed by atoms with Gasteiger partial charge in [-0.1, -0.05) is 17.3 Å². The molecule has 2 N–H and O–H groups in total. The zero-order valence-electron chi connectivity index (χ0n) is 8.09. The largest absolute Gasteiger partial charge is 0.343 e. The van der Waals surface area contributed by atoms with Crippen LogP contribution in [0, 0.1) is 0 Å². The fourth-order valence-corrected chi connectivity index (χ4v) is 2.00. The number of hydrogen-bond donors (Lipinski definition) is 1. The van der Waals surface area contributed by atoms with Crippen LogP contribution >= 0.6 is 11.8 Å². The molecule has 78 valence electrons. The molecule has 0 amide bonds. The van der Waals surface area contributed by atoms with Gasteiger partial charge in [-0.3, -0.25) is 0 Å². The molecule has 2 aromatic rings. The Balaban J connectivity index is 1.98. The van der Waals surface area contributed by atoms with Crippen LogP contribution in [-0.2, 0) is 12.3 Å². The smallest absolute Gasteiger partial charge is 0.213 e. The van der Waals surface area contributed by atoms with Crippen molar-refractivity contribution in [3.05, 3.63) is 42.0 Å². The molecule has 0 aliphatic rings. The standard InChI is InChI=1S/C10H11N3OS/c11-5-8-2-1-3-9(4-8)15-6-10-12-7-14-13-10/h1-4,7H,5-6,11H2. The van der Waals surface area contributed by atoms with Crippen LogP contribution < -0.4 is 5.73 Å². The van der Waals surface area contributed by atoms with Gasteiger partial charge in [0.1, 0.15) is 0 Å². The van der Waals surface area contributed by atoms with E-state index in [0.717, 1.165) is 5.56 Å². The first-order valence-corrected chi connectivity index (χ1v) is 5.54. The summed E-state index contributed by atoms with van der Waals surface area (Å²) >= 11 is 1.67. The number of hydrogen-bond acceptors (Lipinski definition) is 5. The minimum atomic E-state index is 0.566. The Morgan fingerprint density at radius 1 is 1.40 bits per heavy atom. The van der Waals surface area contributed by atoms with Gasteiger partial charge in [0.2, 0.25) is 6.39 Å². The van der Waals surface area contributed by atoms with Gasteiger partial charge in [0, 0.05) is 11.4 Å². The number of nitrogens with zero attached hydrogens (tertiary/aromatic N) is 2. The van der Waals surface area contributed by atoms with Crippen LogP contribution in [0.4, 0.5) is 0 Å². The van der Waals surface area contributed by atoms with Crippen molar-refractivity contribution in [1.82, 2.24) is 10.1 Å². The maximum absolute atomic E-state index is 5.56. The van der Waals surface area contributed by atoms with E-state index in [2.05, 4.69) is 20.7 Å². The van der Waals surface area contributed by atoms with Crippen molar-refractivity contribution < 1.29 is 4.52 Å². The molecule has 5 heteroatoms. The van der Waals surface area contributed by atoms with E-state index in [-0.39, 0.29) is 0 Å². The van der Waals surface area contributed by atoms with Gasteiger partial charge in [-0.25, -0.2) is 0 Å². The molecular weight excluding hydrogens is 210 g/mol. The number of aromatic nitrogens is 2. The van der Waals surface area contributed by atoms with Crippen LogP contribution in [-0.4, -0.2) is 10.1 Å². The van der Waals surface area contributed by atoms with Gasteiger partial charge in [-0.2, -0.15) is 4.98 Å². The molecule has 15 heavy (non-hydrogen) atoms. The highest BCUT2D eigenvalue weighted by Crippen LogP contribution is 2.21. The molecule has 0 fully saturated rings. The highest BCUT2D eigenvalue weighted by atomic mass is 32.2. The summed E-state index contributed by atoms with van der Waals surface area (Å²) in [7, 11) is 0. The van der Waals surface area contributed by atoms with Crippen LogP contribution in [0.2, 0.25) is 0 Å². The first kappa shape index (κ1) is 10.2. The normalized spacial score (nSPS) is 10.5. The summed E-state index contributed by atoms with van der Waals surface area (Å²) in [4.78, 5) is 5.12. The van der Waals surface area contributed by atoms with Crippen molar-refractivity contribution in [3.63, 3.8) is 0 Å². The molecule has 1 heterocycles. The van der Waals surface area contributed by atoms with Crippen molar-refractivity contribution in [3.8, 4) is 0 Å². The molecule has 0 aliphatic carbocycles. The van der Waals surface area contributed by atoms with Gasteiger partial charge in [-0.15, -0.1) is 11.8 Å². The zero-order valence-corrected chi connectivity index (χ0v) is 8.91. The summed E-state index contributed by atoms with van der Waals surface area (Å²) < 4.78 is 4.65. The Morgan fingerprint density at radius 2 is 2.33 bits per heavy atom. The van der Waals surface area contributed by atoms with Gasteiger partial charge in [0.25, 0.3) is 0 Å². The first-order chi connectivity index (χ1) is 7.38. The number of rotatable bonds is 4. The molecule has 0 bridgehead atoms. The van der Waals surface area contributed by atoms with Crippen LogP contribution in [0.25, 0.3) is 0 Å². The monoisotopic (exact) mass is 221 g/mol. The van der Waals surface area contributed by atoms with E-state index < -0.39 is 0 Å². The van der Waals surface area contributed by atoms with Crippen molar-refractivity contribution in [1.29, 1.82) is 0 Å². The SMILES string of the molecule is NCc1cccc(SCc2ncon2)c1. The second kappa shape index (κ2) is 4.95. The fraction of sp³-hybridized carbons (Fsp3) is 0.200. The van der Waals surface area contributed by atoms with Crippen molar-refractivity contribution in [2.75, 3.05) is 0 Å². The predicted molar refractivity (Wildman–Crippen MR) is 58.2 cm³/mol. The highest BCUT2D eigenvalue weighted by molar-refractivity contribution is 7.98. The predicted octanol–water partition coefficient (Wildman–Crippen LogP) is 1.82. The van der Waals surface area contributed by atoms with E-state index in [0.29, 0.717) is 18.1 Å². The lowest BCUT2D eigenvalue weighted by Crippen LogP contribution is -1.95. The Hall–Kier alpha value is -1.33. The third kappa shape index (κ3) is 2.81. The molecule has 0 spiro atoms. The lowest BCUT2D eigenvalue weighted by atomic mass is 10.2. The average Bonchev–Trinajstić information content (AvgIpc) is 2.79. The molecule has 1 aromatic carbocycles. The molecular formula is C10H11N3OS. The average molecular weight is 221 g/mol. The fourth-order valence-electron chi connectivity index (χ4n) is 1.17. The second-order valence-electron chi connectivity index (χ2n) is 2.99. The van der Waals surface area contributed by atoms with Gasteiger partial charge >= 0.3 is 0 Å². The Bertz CT molecular complexity index is 416. The summed E-state index contributed by atoms with van der Waals surface area (Å²) in [6, 6.07) is 8.13. The molecule has 0 atom stereocenters. The van der Waals surface area contributed by atoms with E-state index in [1.54, 1.807) is 11.8 Å². The lowest BCUT2D eigenvalue weighted by molar-refractivity contribution is 0.412. The molecule has 0 radical (unpaired) electrons. The zero-order chi connectivity index (χ0) is 10.5. The summed E-state index contributed by atoms with van der Waals surface area (Å²) in [5.74, 6) is 1.42. The summed E-state index contributed by atoms with van der Waals surface area (Å²) in [5, 5.41) is 3.74. The molecule has 4 nitrogen and oxygen atoms in total. The minimum Gasteiger partial charge on any atom is -0.343 e. The topological polar surface area (TPSA) is 64.9 Å². The molecule has 0 saturated carbocycles. The van der Waals surface area contributed by atoms with Crippen LogP contribution in [0.3, 0.4) is 0 Å². The van der Waals surface area contributed by atoms with Gasteiger partial charge in [0.05, 0.1) is 5.75 Å². The third-order valence-corrected chi connectivity index (χ3v) is 2.90. The lowest BCUT2D eigenvalue weighted by Gasteiger charge is -2.01. The quantitative estimate of drug-likeness (QED) is 0.798. The van der Waals surface area contributed by atoms with Crippen molar-refractivity contribution in [2.45, 2.75) is 17.2 Å². The Labute approximate surface area is 91.9 Å². The van der Waals surface area contributed by atoms with Crippen molar-refractivity contribution in [2.24, 2.45) is 5.73 Å². The van der Waals surface area contributed by atoms with E-state index in [9.17, 15) is 0 Å². The van der Waals surface area contributed by atoms with Crippen LogP contribution in [0.15, 0.2) is 40.1 Å². The maximum Gasteiger partial charge on any atom is 0.213 e. The van der Waals surface area contributed by atoms with Gasteiger partial charge < -0.3 is 10.3 Å². The van der Waals surface area contributed by atoms with Crippen molar-refractivity contribution >= 4 is 11.8 Å². The summed E-state index contributed by atoms with van der Waals surface area (Å²) in [6.45, 7) is 0.566. The molecule has 1 aromatic heterocycles. The first-order valence-electron chi connectivity index (χ1n) is 4.55. The Kier molecular flexibility index (Phi) is 3.37. The minimum absolute atomic E-state index is 0.566. The van der Waals surface area contributed by atoms with Crippen LogP contribution in [0.1, 0.15) is 11.4 Å². The maximum atomic E-state index is 5.56. The molecule has 0 unspecified atom stereocenters. The van der Waals surface area contributed by atoms with E-state index >= 15 is 0 Å². The van der Waals surface area contributed by atoms with Gasteiger partial charge in [-0.05, 0) is 17.7 Å². The van der Waals surface area contributed by atoms with Gasteiger partial charge in [0.15, 0.2) is 5.82 Å². The Morgan fingerprint density at radius 3 is 3.07 bits per heavy atom. The summed E-state index contributed by atoms with van der Waals surface area (Å²) in [5.41, 5.74) is 6.69. The highest BCUT2D eigenvalue weighted by Gasteiger charge is 2.00.